The summed E-state index contributed by atoms with van der Waals surface area (Å²) in [5, 5.41) is 39.8. The van der Waals surface area contributed by atoms with Gasteiger partial charge in [-0.15, -0.1) is 0 Å². The molecule has 0 saturated carbocycles. The summed E-state index contributed by atoms with van der Waals surface area (Å²) in [5.41, 5.74) is 1.43. The van der Waals surface area contributed by atoms with Gasteiger partial charge < -0.3 is 34.8 Å². The quantitative estimate of drug-likeness (QED) is 0.456. The zero-order valence-corrected chi connectivity index (χ0v) is 19.1. The molecule has 1 aromatic rings. The molecule has 0 radical (unpaired) electrons. The van der Waals surface area contributed by atoms with E-state index in [1.165, 1.54) is 12.0 Å². The number of nitrogens with zero attached hydrogens (tertiary/aromatic N) is 1. The first-order chi connectivity index (χ1) is 15.5. The van der Waals surface area contributed by atoms with Gasteiger partial charge in [-0.05, 0) is 36.1 Å². The number of carbonyl (C=O) groups excluding carboxylic acids is 2. The van der Waals surface area contributed by atoms with E-state index in [1.54, 1.807) is 57.4 Å². The van der Waals surface area contributed by atoms with Crippen LogP contribution in [0.25, 0.3) is 5.57 Å². The minimum atomic E-state index is -1.47. The van der Waals surface area contributed by atoms with Crippen molar-refractivity contribution in [3.05, 3.63) is 53.1 Å². The number of carbonyl (C=O) groups is 2. The molecule has 9 heteroatoms. The monoisotopic (exact) mass is 461 g/mol. The summed E-state index contributed by atoms with van der Waals surface area (Å²) < 4.78 is 10.6. The number of aliphatic hydroxyl groups is 4. The number of amides is 1. The number of likely N-dealkylation sites (N-methyl/N-ethyl adjacent to an activating group) is 1. The van der Waals surface area contributed by atoms with Crippen LogP contribution < -0.4 is 0 Å². The van der Waals surface area contributed by atoms with Crippen molar-refractivity contribution in [1.82, 2.24) is 4.90 Å². The molecule has 4 N–H and O–H groups in total. The third kappa shape index (κ3) is 4.87. The van der Waals surface area contributed by atoms with Gasteiger partial charge in [-0.25, -0.2) is 0 Å². The van der Waals surface area contributed by atoms with Gasteiger partial charge in [0.1, 0.15) is 30.5 Å². The van der Waals surface area contributed by atoms with Crippen LogP contribution in [-0.2, 0) is 19.1 Å². The first-order valence-electron chi connectivity index (χ1n) is 10.7. The van der Waals surface area contributed by atoms with Crippen molar-refractivity contribution in [3.8, 4) is 0 Å². The van der Waals surface area contributed by atoms with Gasteiger partial charge in [0.15, 0.2) is 0 Å². The Morgan fingerprint density at radius 2 is 1.76 bits per heavy atom. The van der Waals surface area contributed by atoms with Gasteiger partial charge in [0, 0.05) is 19.7 Å². The minimum Gasteiger partial charge on any atom is -0.468 e. The summed E-state index contributed by atoms with van der Waals surface area (Å²) in [5.74, 6) is -0.685. The SMILES string of the molecule is COC(=O)C1(C)C=C(C(=O)N(C)C)C=C(c2ccc([C@H]3O[C@H](CO)[C@@H](O)[C@H](O)[C@@H]3O)cc2)C1. The van der Waals surface area contributed by atoms with Crippen LogP contribution in [0.1, 0.15) is 30.6 Å². The lowest BCUT2D eigenvalue weighted by Crippen LogP contribution is -2.55. The maximum absolute atomic E-state index is 12.6. The fourth-order valence-corrected chi connectivity index (χ4v) is 4.27. The Hall–Kier alpha value is -2.56. The summed E-state index contributed by atoms with van der Waals surface area (Å²) in [6.07, 6.45) is -2.51. The third-order valence-electron chi connectivity index (χ3n) is 6.17. The van der Waals surface area contributed by atoms with Crippen LogP contribution in [0.15, 0.2) is 42.0 Å². The average Bonchev–Trinajstić information content (AvgIpc) is 2.81. The van der Waals surface area contributed by atoms with Gasteiger partial charge in [0.2, 0.25) is 0 Å². The van der Waals surface area contributed by atoms with Gasteiger partial charge in [0.05, 0.1) is 19.1 Å². The largest absolute Gasteiger partial charge is 0.468 e. The van der Waals surface area contributed by atoms with E-state index >= 15 is 0 Å². The number of allylic oxidation sites excluding steroid dienone is 1. The van der Waals surface area contributed by atoms with E-state index in [1.807, 2.05) is 0 Å². The van der Waals surface area contributed by atoms with Crippen LogP contribution >= 0.6 is 0 Å². The van der Waals surface area contributed by atoms with Crippen LogP contribution in [0.5, 0.6) is 0 Å². The first-order valence-corrected chi connectivity index (χ1v) is 10.7. The fourth-order valence-electron chi connectivity index (χ4n) is 4.27. The molecule has 3 rings (SSSR count). The van der Waals surface area contributed by atoms with E-state index in [2.05, 4.69) is 0 Å². The Labute approximate surface area is 192 Å². The number of benzene rings is 1. The number of methoxy groups -OCH3 is 1. The molecule has 0 aromatic heterocycles. The molecule has 0 bridgehead atoms. The van der Waals surface area contributed by atoms with E-state index in [4.69, 9.17) is 9.47 Å². The van der Waals surface area contributed by atoms with E-state index in [-0.39, 0.29) is 5.91 Å². The van der Waals surface area contributed by atoms with Crippen molar-refractivity contribution in [2.45, 2.75) is 43.9 Å². The molecule has 33 heavy (non-hydrogen) atoms. The highest BCUT2D eigenvalue weighted by Crippen LogP contribution is 2.40. The topological polar surface area (TPSA) is 137 Å². The molecule has 1 heterocycles. The summed E-state index contributed by atoms with van der Waals surface area (Å²) >= 11 is 0. The summed E-state index contributed by atoms with van der Waals surface area (Å²) in [6, 6.07) is 6.93. The molecule has 2 aliphatic rings. The summed E-state index contributed by atoms with van der Waals surface area (Å²) in [7, 11) is 4.58. The molecule has 180 valence electrons. The summed E-state index contributed by atoms with van der Waals surface area (Å²) in [4.78, 5) is 26.6. The van der Waals surface area contributed by atoms with Gasteiger partial charge >= 0.3 is 5.97 Å². The molecule has 1 aliphatic carbocycles. The molecular weight excluding hydrogens is 430 g/mol. The van der Waals surface area contributed by atoms with Crippen LogP contribution in [0.2, 0.25) is 0 Å². The molecule has 1 fully saturated rings. The highest BCUT2D eigenvalue weighted by molar-refractivity contribution is 6.00. The van der Waals surface area contributed by atoms with Gasteiger partial charge in [-0.2, -0.15) is 0 Å². The zero-order chi connectivity index (χ0) is 24.5. The Balaban J connectivity index is 1.92. The Morgan fingerprint density at radius 3 is 2.30 bits per heavy atom. The highest BCUT2D eigenvalue weighted by Gasteiger charge is 2.44. The second kappa shape index (κ2) is 9.74. The molecule has 1 amide bonds. The second-order valence-electron chi connectivity index (χ2n) is 8.93. The number of ether oxygens (including phenoxy) is 2. The third-order valence-corrected chi connectivity index (χ3v) is 6.17. The zero-order valence-electron chi connectivity index (χ0n) is 19.1. The predicted octanol–water partition coefficient (Wildman–Crippen LogP) is 0.183. The van der Waals surface area contributed by atoms with Gasteiger partial charge in [-0.3, -0.25) is 9.59 Å². The van der Waals surface area contributed by atoms with Crippen LogP contribution in [0.4, 0.5) is 0 Å². The van der Waals surface area contributed by atoms with Crippen molar-refractivity contribution in [2.75, 3.05) is 27.8 Å². The number of aliphatic hydroxyl groups excluding tert-OH is 4. The Bertz CT molecular complexity index is 952. The van der Waals surface area contributed by atoms with Crippen molar-refractivity contribution in [3.63, 3.8) is 0 Å². The maximum atomic E-state index is 12.6. The van der Waals surface area contributed by atoms with Crippen molar-refractivity contribution < 1.29 is 39.5 Å². The molecule has 1 unspecified atom stereocenters. The molecule has 9 nitrogen and oxygen atoms in total. The van der Waals surface area contributed by atoms with Crippen molar-refractivity contribution in [2.24, 2.45) is 5.41 Å². The molecule has 1 aromatic carbocycles. The molecule has 1 saturated heterocycles. The summed E-state index contributed by atoms with van der Waals surface area (Å²) in [6.45, 7) is 1.21. The van der Waals surface area contributed by atoms with Crippen molar-refractivity contribution in [1.29, 1.82) is 0 Å². The Kier molecular flexibility index (Phi) is 7.40. The van der Waals surface area contributed by atoms with E-state index in [9.17, 15) is 30.0 Å². The van der Waals surface area contributed by atoms with E-state index < -0.39 is 48.5 Å². The van der Waals surface area contributed by atoms with E-state index in [0.717, 1.165) is 11.1 Å². The van der Waals surface area contributed by atoms with E-state index in [0.29, 0.717) is 17.6 Å². The molecular formula is C24H31NO8. The number of hydrogen-bond donors (Lipinski definition) is 4. The standard InChI is InChI=1S/C24H31NO8/c1-24(23(31)32-4)10-15(9-16(11-24)22(30)25(2)3)13-5-7-14(8-6-13)21-20(29)19(28)18(27)17(12-26)33-21/h5-9,11,17-21,26-29H,10,12H2,1-4H3/t17-,18-,19+,20+,21-,24?/m1/s1. The maximum Gasteiger partial charge on any atom is 0.315 e. The molecule has 0 spiro atoms. The van der Waals surface area contributed by atoms with Crippen LogP contribution in [0.3, 0.4) is 0 Å². The lowest BCUT2D eigenvalue weighted by molar-refractivity contribution is -0.231. The average molecular weight is 462 g/mol. The lowest BCUT2D eigenvalue weighted by Gasteiger charge is -2.40. The van der Waals surface area contributed by atoms with Gasteiger partial charge in [0.25, 0.3) is 5.91 Å². The molecule has 1 aliphatic heterocycles. The minimum absolute atomic E-state index is 0.236. The molecule has 6 atom stereocenters. The number of rotatable bonds is 5. The Morgan fingerprint density at radius 1 is 1.12 bits per heavy atom. The predicted molar refractivity (Wildman–Crippen MR) is 119 cm³/mol. The first kappa shape index (κ1) is 25.1. The van der Waals surface area contributed by atoms with Crippen molar-refractivity contribution >= 4 is 17.4 Å². The normalized spacial score (nSPS) is 31.9. The number of hydrogen-bond acceptors (Lipinski definition) is 8. The van der Waals surface area contributed by atoms with Gasteiger partial charge in [-0.1, -0.05) is 30.3 Å². The lowest BCUT2D eigenvalue weighted by atomic mass is 9.75. The second-order valence-corrected chi connectivity index (χ2v) is 8.93. The van der Waals surface area contributed by atoms with Crippen LogP contribution in [-0.4, -0.2) is 89.4 Å². The fraction of sp³-hybridized carbons (Fsp3) is 0.500. The smallest absolute Gasteiger partial charge is 0.315 e. The highest BCUT2D eigenvalue weighted by atomic mass is 16.5. The number of esters is 1. The van der Waals surface area contributed by atoms with Crippen LogP contribution in [0, 0.1) is 5.41 Å².